The molecule has 3 nitrogen and oxygen atoms in total. The Hall–Kier alpha value is -1.26. The van der Waals surface area contributed by atoms with Gasteiger partial charge in [-0.3, -0.25) is 0 Å². The Morgan fingerprint density at radius 3 is 3.12 bits per heavy atom. The van der Waals surface area contributed by atoms with Gasteiger partial charge < -0.3 is 9.67 Å². The van der Waals surface area contributed by atoms with Gasteiger partial charge in [0.2, 0.25) is 0 Å². The number of hydrogen-bond acceptors (Lipinski definition) is 3. The van der Waals surface area contributed by atoms with Crippen LogP contribution in [0.4, 0.5) is 0 Å². The first kappa shape index (κ1) is 10.9. The Kier molecular flexibility index (Phi) is 2.91. The number of thioether (sulfide) groups is 1. The summed E-state index contributed by atoms with van der Waals surface area (Å²) in [6, 6.07) is 8.56. The van der Waals surface area contributed by atoms with Crippen molar-refractivity contribution in [3.8, 4) is 0 Å². The lowest BCUT2D eigenvalue weighted by atomic mass is 10.1. The molecule has 1 unspecified atom stereocenters. The van der Waals surface area contributed by atoms with Crippen LogP contribution in [0.2, 0.25) is 0 Å². The van der Waals surface area contributed by atoms with Gasteiger partial charge in [0.25, 0.3) is 0 Å². The average molecular weight is 246 g/mol. The van der Waals surface area contributed by atoms with Gasteiger partial charge in [0, 0.05) is 29.1 Å². The molecule has 0 amide bonds. The lowest BCUT2D eigenvalue weighted by Gasteiger charge is -2.11. The highest BCUT2D eigenvalue weighted by molar-refractivity contribution is 8.00. The first-order valence-corrected chi connectivity index (χ1v) is 6.60. The van der Waals surface area contributed by atoms with Crippen LogP contribution < -0.4 is 0 Å². The molecule has 2 aromatic rings. The zero-order valence-electron chi connectivity index (χ0n) is 9.41. The van der Waals surface area contributed by atoms with Crippen LogP contribution in [-0.4, -0.2) is 19.9 Å². The van der Waals surface area contributed by atoms with Crippen LogP contribution in [0.5, 0.6) is 0 Å². The summed E-state index contributed by atoms with van der Waals surface area (Å²) >= 11 is 1.92. The second kappa shape index (κ2) is 4.55. The Balaban J connectivity index is 1.74. The van der Waals surface area contributed by atoms with E-state index in [9.17, 15) is 0 Å². The van der Waals surface area contributed by atoms with Crippen LogP contribution in [0.3, 0.4) is 0 Å². The van der Waals surface area contributed by atoms with Crippen LogP contribution in [0.25, 0.3) is 0 Å². The topological polar surface area (TPSA) is 38.1 Å². The summed E-state index contributed by atoms with van der Waals surface area (Å²) in [4.78, 5) is 5.52. The molecule has 88 valence electrons. The lowest BCUT2D eigenvalue weighted by Crippen LogP contribution is -2.14. The monoisotopic (exact) mass is 246 g/mol. The highest BCUT2D eigenvalue weighted by Crippen LogP contribution is 2.37. The number of aromatic nitrogens is 2. The number of aliphatic hydroxyl groups is 1. The van der Waals surface area contributed by atoms with Crippen molar-refractivity contribution in [1.29, 1.82) is 0 Å². The molecule has 1 N–H and O–H groups in total. The fraction of sp³-hybridized carbons (Fsp3) is 0.308. The van der Waals surface area contributed by atoms with Crippen molar-refractivity contribution in [3.05, 3.63) is 48.0 Å². The summed E-state index contributed by atoms with van der Waals surface area (Å²) in [6.45, 7) is 0.923. The molecule has 0 saturated heterocycles. The van der Waals surface area contributed by atoms with E-state index in [0.29, 0.717) is 5.25 Å². The van der Waals surface area contributed by atoms with Gasteiger partial charge in [0.1, 0.15) is 12.4 Å². The summed E-state index contributed by atoms with van der Waals surface area (Å²) in [6.07, 6.45) is 4.79. The summed E-state index contributed by atoms with van der Waals surface area (Å²) < 4.78 is 2.05. The zero-order valence-corrected chi connectivity index (χ0v) is 10.2. The van der Waals surface area contributed by atoms with Crippen LogP contribution >= 0.6 is 11.8 Å². The molecule has 1 aromatic carbocycles. The van der Waals surface area contributed by atoms with Gasteiger partial charge in [-0.15, -0.1) is 11.8 Å². The van der Waals surface area contributed by atoms with E-state index in [4.69, 9.17) is 5.11 Å². The molecule has 1 aliphatic heterocycles. The normalized spacial score (nSPS) is 18.3. The Morgan fingerprint density at radius 1 is 1.41 bits per heavy atom. The van der Waals surface area contributed by atoms with E-state index in [2.05, 4.69) is 29.2 Å². The van der Waals surface area contributed by atoms with E-state index < -0.39 is 0 Å². The van der Waals surface area contributed by atoms with E-state index in [-0.39, 0.29) is 6.61 Å². The van der Waals surface area contributed by atoms with E-state index in [1.54, 1.807) is 6.20 Å². The Labute approximate surface area is 104 Å². The third-order valence-electron chi connectivity index (χ3n) is 3.06. The van der Waals surface area contributed by atoms with Crippen molar-refractivity contribution >= 4 is 11.8 Å². The van der Waals surface area contributed by atoms with Crippen LogP contribution in [-0.2, 0) is 19.6 Å². The smallest absolute Gasteiger partial charge is 0.134 e. The minimum atomic E-state index is 0.0112. The second-order valence-corrected chi connectivity index (χ2v) is 5.55. The molecule has 3 rings (SSSR count). The van der Waals surface area contributed by atoms with Gasteiger partial charge in [-0.2, -0.15) is 0 Å². The quantitative estimate of drug-likeness (QED) is 0.901. The van der Waals surface area contributed by atoms with Gasteiger partial charge in [-0.1, -0.05) is 18.2 Å². The van der Waals surface area contributed by atoms with Crippen molar-refractivity contribution in [2.75, 3.05) is 0 Å². The SMILES string of the molecule is OCc1nccn1CC1Cc2ccccc2S1. The fourth-order valence-corrected chi connectivity index (χ4v) is 3.55. The number of benzene rings is 1. The van der Waals surface area contributed by atoms with Gasteiger partial charge in [-0.25, -0.2) is 4.98 Å². The van der Waals surface area contributed by atoms with E-state index in [1.165, 1.54) is 10.5 Å². The minimum absolute atomic E-state index is 0.0112. The van der Waals surface area contributed by atoms with Gasteiger partial charge in [-0.05, 0) is 18.1 Å². The van der Waals surface area contributed by atoms with E-state index >= 15 is 0 Å². The van der Waals surface area contributed by atoms with Crippen molar-refractivity contribution in [2.24, 2.45) is 0 Å². The minimum Gasteiger partial charge on any atom is -0.388 e. The largest absolute Gasteiger partial charge is 0.388 e. The standard InChI is InChI=1S/C13H14N2OS/c16-9-13-14-5-6-15(13)8-11-7-10-3-1-2-4-12(10)17-11/h1-6,11,16H,7-9H2. The third-order valence-corrected chi connectivity index (χ3v) is 4.36. The maximum atomic E-state index is 9.16. The Bertz CT molecular complexity index is 499. The highest BCUT2D eigenvalue weighted by Gasteiger charge is 2.22. The van der Waals surface area contributed by atoms with E-state index in [1.807, 2.05) is 22.5 Å². The maximum Gasteiger partial charge on any atom is 0.134 e. The summed E-state index contributed by atoms with van der Waals surface area (Å²) in [5.74, 6) is 0.751. The molecule has 0 saturated carbocycles. The number of aliphatic hydroxyl groups excluding tert-OH is 1. The molecule has 0 bridgehead atoms. The molecule has 0 fully saturated rings. The predicted molar refractivity (Wildman–Crippen MR) is 67.9 cm³/mol. The summed E-state index contributed by atoms with van der Waals surface area (Å²) in [7, 11) is 0. The first-order chi connectivity index (χ1) is 8.36. The molecule has 1 aromatic heterocycles. The molecule has 17 heavy (non-hydrogen) atoms. The van der Waals surface area contributed by atoms with Crippen molar-refractivity contribution in [1.82, 2.24) is 9.55 Å². The predicted octanol–water partition coefficient (Wildman–Crippen LogP) is 2.09. The van der Waals surface area contributed by atoms with Gasteiger partial charge in [0.15, 0.2) is 0 Å². The van der Waals surface area contributed by atoms with Crippen LogP contribution in [0.1, 0.15) is 11.4 Å². The maximum absolute atomic E-state index is 9.16. The van der Waals surface area contributed by atoms with Gasteiger partial charge in [0.05, 0.1) is 0 Å². The average Bonchev–Trinajstić information content (AvgIpc) is 2.94. The van der Waals surface area contributed by atoms with Crippen molar-refractivity contribution < 1.29 is 5.11 Å². The molecule has 0 aliphatic carbocycles. The molecular weight excluding hydrogens is 232 g/mol. The van der Waals surface area contributed by atoms with Gasteiger partial charge >= 0.3 is 0 Å². The summed E-state index contributed by atoms with van der Waals surface area (Å²) in [5, 5.41) is 9.71. The Morgan fingerprint density at radius 2 is 2.29 bits per heavy atom. The molecule has 2 heterocycles. The molecule has 0 spiro atoms. The third kappa shape index (κ3) is 2.10. The number of imidazole rings is 1. The summed E-state index contributed by atoms with van der Waals surface area (Å²) in [5.41, 5.74) is 1.44. The van der Waals surface area contributed by atoms with Crippen LogP contribution in [0, 0.1) is 0 Å². The molecule has 1 aliphatic rings. The fourth-order valence-electron chi connectivity index (χ4n) is 2.23. The molecule has 0 radical (unpaired) electrons. The van der Waals surface area contributed by atoms with Crippen molar-refractivity contribution in [3.63, 3.8) is 0 Å². The number of fused-ring (bicyclic) bond motifs is 1. The molecule has 4 heteroatoms. The van der Waals surface area contributed by atoms with Crippen LogP contribution in [0.15, 0.2) is 41.6 Å². The highest BCUT2D eigenvalue weighted by atomic mass is 32.2. The lowest BCUT2D eigenvalue weighted by molar-refractivity contribution is 0.265. The number of nitrogens with zero attached hydrogens (tertiary/aromatic N) is 2. The molecule has 1 atom stereocenters. The zero-order chi connectivity index (χ0) is 11.7. The number of hydrogen-bond donors (Lipinski definition) is 1. The van der Waals surface area contributed by atoms with E-state index in [0.717, 1.165) is 18.8 Å². The van der Waals surface area contributed by atoms with Crippen molar-refractivity contribution in [2.45, 2.75) is 29.7 Å². The second-order valence-electron chi connectivity index (χ2n) is 4.21. The number of rotatable bonds is 3. The molecular formula is C13H14N2OS. The first-order valence-electron chi connectivity index (χ1n) is 5.72.